The Morgan fingerprint density at radius 3 is 2.60 bits per heavy atom. The van der Waals surface area contributed by atoms with Crippen molar-refractivity contribution in [3.8, 4) is 11.5 Å². The number of hydrogen-bond donors (Lipinski definition) is 1. The van der Waals surface area contributed by atoms with Crippen LogP contribution in [0.5, 0.6) is 11.5 Å². The minimum atomic E-state index is -0.955. The van der Waals surface area contributed by atoms with Gasteiger partial charge in [-0.2, -0.15) is 0 Å². The highest BCUT2D eigenvalue weighted by atomic mass is 32.1. The number of rotatable bonds is 6. The van der Waals surface area contributed by atoms with E-state index in [1.807, 2.05) is 26.0 Å². The van der Waals surface area contributed by atoms with Crippen molar-refractivity contribution in [2.45, 2.75) is 19.9 Å². The molecule has 0 radical (unpaired) electrons. The number of Topliss-reactive ketones (excluding diaryl/α,β-unsaturated/α-hetero) is 1. The molecule has 0 fully saturated rings. The molecule has 0 saturated heterocycles. The van der Waals surface area contributed by atoms with E-state index in [9.17, 15) is 14.7 Å². The van der Waals surface area contributed by atoms with Gasteiger partial charge in [-0.15, -0.1) is 11.3 Å². The number of aliphatic hydroxyl groups is 1. The van der Waals surface area contributed by atoms with Gasteiger partial charge < -0.3 is 14.6 Å². The van der Waals surface area contributed by atoms with Crippen molar-refractivity contribution in [3.05, 3.63) is 80.7 Å². The molecule has 0 unspecified atom stereocenters. The maximum Gasteiger partial charge on any atom is 0.296 e. The highest BCUT2D eigenvalue weighted by molar-refractivity contribution is 7.22. The predicted molar refractivity (Wildman–Crippen MR) is 137 cm³/mol. The Hall–Kier alpha value is -3.69. The van der Waals surface area contributed by atoms with Crippen molar-refractivity contribution in [1.29, 1.82) is 0 Å². The number of aryl methyl sites for hydroxylation is 2. The number of fused-ring (bicyclic) bond motifs is 1. The third kappa shape index (κ3) is 3.77. The van der Waals surface area contributed by atoms with Gasteiger partial charge in [-0.3, -0.25) is 14.5 Å². The van der Waals surface area contributed by atoms with Crippen LogP contribution in [0.1, 0.15) is 32.4 Å². The second kappa shape index (κ2) is 8.83. The standard InChI is InChI=1S/C26H22N2O5S2/c1-13-10-14(2)21-19(11-13)35-26(27-21)28-22(16-12-15(32-3)7-8-17(16)33-4)20(24(30)25(28)31)23(29)18-6-5-9-34-18/h5-12,22,30H,1-4H3/t22-/m1/s1. The lowest BCUT2D eigenvalue weighted by molar-refractivity contribution is -0.117. The molecular formula is C26H22N2O5S2. The number of thiophene rings is 1. The second-order valence-electron chi connectivity index (χ2n) is 8.18. The topological polar surface area (TPSA) is 89.0 Å². The van der Waals surface area contributed by atoms with Gasteiger partial charge in [0, 0.05) is 5.56 Å². The van der Waals surface area contributed by atoms with Crippen LogP contribution in [0.25, 0.3) is 10.2 Å². The van der Waals surface area contributed by atoms with E-state index in [1.54, 1.807) is 35.7 Å². The molecule has 1 aliphatic rings. The summed E-state index contributed by atoms with van der Waals surface area (Å²) in [5.41, 5.74) is 3.33. The van der Waals surface area contributed by atoms with E-state index in [0.717, 1.165) is 21.3 Å². The molecule has 7 nitrogen and oxygen atoms in total. The number of amides is 1. The molecule has 2 aromatic carbocycles. The summed E-state index contributed by atoms with van der Waals surface area (Å²) in [6.45, 7) is 3.97. The highest BCUT2D eigenvalue weighted by Gasteiger charge is 2.47. The molecule has 0 aliphatic carbocycles. The molecule has 3 heterocycles. The van der Waals surface area contributed by atoms with Gasteiger partial charge in [0.05, 0.1) is 34.9 Å². The lowest BCUT2D eigenvalue weighted by Gasteiger charge is -2.26. The number of carbonyl (C=O) groups excluding carboxylic acids is 2. The lowest BCUT2D eigenvalue weighted by atomic mass is 9.94. The summed E-state index contributed by atoms with van der Waals surface area (Å²) < 4.78 is 11.9. The summed E-state index contributed by atoms with van der Waals surface area (Å²) in [6, 6.07) is 11.7. The van der Waals surface area contributed by atoms with Crippen LogP contribution in [-0.4, -0.2) is 36.0 Å². The van der Waals surface area contributed by atoms with Gasteiger partial charge >= 0.3 is 0 Å². The van der Waals surface area contributed by atoms with Crippen LogP contribution in [0.4, 0.5) is 5.13 Å². The zero-order chi connectivity index (χ0) is 24.9. The molecule has 35 heavy (non-hydrogen) atoms. The summed E-state index contributed by atoms with van der Waals surface area (Å²) in [6.07, 6.45) is 0. The first kappa shape index (κ1) is 23.1. The second-order valence-corrected chi connectivity index (χ2v) is 10.1. The van der Waals surface area contributed by atoms with Crippen molar-refractivity contribution in [2.24, 2.45) is 0 Å². The van der Waals surface area contributed by atoms with Crippen molar-refractivity contribution >= 4 is 49.7 Å². The molecule has 1 N–H and O–H groups in total. The average Bonchev–Trinajstić information content (AvgIpc) is 3.57. The Bertz CT molecular complexity index is 1500. The van der Waals surface area contributed by atoms with Crippen LogP contribution in [0.15, 0.2) is 59.2 Å². The van der Waals surface area contributed by atoms with Gasteiger partial charge in [0.25, 0.3) is 5.91 Å². The third-order valence-electron chi connectivity index (χ3n) is 5.95. The number of aliphatic hydroxyl groups excluding tert-OH is 1. The summed E-state index contributed by atoms with van der Waals surface area (Å²) in [5.74, 6) is -0.721. The van der Waals surface area contributed by atoms with Crippen LogP contribution in [0, 0.1) is 13.8 Å². The summed E-state index contributed by atoms with van der Waals surface area (Å²) in [7, 11) is 3.05. The largest absolute Gasteiger partial charge is 0.503 e. The maximum absolute atomic E-state index is 13.6. The molecule has 0 spiro atoms. The SMILES string of the molecule is COc1ccc(OC)c([C@@H]2C(C(=O)c3cccs3)=C(O)C(=O)N2c2nc3c(C)cc(C)cc3s2)c1. The van der Waals surface area contributed by atoms with E-state index < -0.39 is 23.5 Å². The Labute approximate surface area is 209 Å². The summed E-state index contributed by atoms with van der Waals surface area (Å²) in [5, 5.41) is 13.2. The zero-order valence-corrected chi connectivity index (χ0v) is 21.1. The number of nitrogens with zero attached hydrogens (tertiary/aromatic N) is 2. The Morgan fingerprint density at radius 1 is 1.11 bits per heavy atom. The van der Waals surface area contributed by atoms with Crippen LogP contribution in [-0.2, 0) is 4.79 Å². The zero-order valence-electron chi connectivity index (χ0n) is 19.5. The highest BCUT2D eigenvalue weighted by Crippen LogP contribution is 2.47. The number of carbonyl (C=O) groups is 2. The van der Waals surface area contributed by atoms with Gasteiger partial charge in [-0.1, -0.05) is 23.5 Å². The minimum absolute atomic E-state index is 0.0174. The Morgan fingerprint density at radius 2 is 1.91 bits per heavy atom. The van der Waals surface area contributed by atoms with E-state index in [1.165, 1.54) is 41.8 Å². The maximum atomic E-state index is 13.6. The van der Waals surface area contributed by atoms with E-state index >= 15 is 0 Å². The molecule has 0 saturated carbocycles. The van der Waals surface area contributed by atoms with E-state index in [0.29, 0.717) is 27.1 Å². The Balaban J connectivity index is 1.75. The van der Waals surface area contributed by atoms with E-state index in [4.69, 9.17) is 14.5 Å². The molecular weight excluding hydrogens is 484 g/mol. The number of methoxy groups -OCH3 is 2. The monoisotopic (exact) mass is 506 g/mol. The molecule has 9 heteroatoms. The van der Waals surface area contributed by atoms with Crippen LogP contribution >= 0.6 is 22.7 Å². The number of benzene rings is 2. The number of aromatic nitrogens is 1. The third-order valence-corrected chi connectivity index (χ3v) is 7.82. The smallest absolute Gasteiger partial charge is 0.296 e. The number of hydrogen-bond acceptors (Lipinski definition) is 8. The van der Waals surface area contributed by atoms with Gasteiger partial charge in [-0.05, 0) is 60.7 Å². The molecule has 4 aromatic rings. The van der Waals surface area contributed by atoms with Crippen molar-refractivity contribution in [2.75, 3.05) is 19.1 Å². The van der Waals surface area contributed by atoms with E-state index in [2.05, 4.69) is 0 Å². The van der Waals surface area contributed by atoms with Crippen LogP contribution in [0.3, 0.4) is 0 Å². The minimum Gasteiger partial charge on any atom is -0.503 e. The van der Waals surface area contributed by atoms with Gasteiger partial charge in [-0.25, -0.2) is 4.98 Å². The normalized spacial score (nSPS) is 15.8. The fraction of sp³-hybridized carbons (Fsp3) is 0.192. The Kier molecular flexibility index (Phi) is 5.82. The van der Waals surface area contributed by atoms with Crippen molar-refractivity contribution in [1.82, 2.24) is 4.98 Å². The molecule has 1 aliphatic heterocycles. The van der Waals surface area contributed by atoms with Gasteiger partial charge in [0.2, 0.25) is 5.78 Å². The summed E-state index contributed by atoms with van der Waals surface area (Å²) in [4.78, 5) is 33.7. The number of ketones is 1. The van der Waals surface area contributed by atoms with E-state index in [-0.39, 0.29) is 5.57 Å². The summed E-state index contributed by atoms with van der Waals surface area (Å²) >= 11 is 2.58. The quantitative estimate of drug-likeness (QED) is 0.334. The molecule has 0 bridgehead atoms. The van der Waals surface area contributed by atoms with Gasteiger partial charge in [0.1, 0.15) is 17.5 Å². The molecule has 178 valence electrons. The predicted octanol–water partition coefficient (Wildman–Crippen LogP) is 5.77. The first-order valence-electron chi connectivity index (χ1n) is 10.8. The fourth-order valence-electron chi connectivity index (χ4n) is 4.38. The molecule has 1 atom stereocenters. The lowest BCUT2D eigenvalue weighted by Crippen LogP contribution is -2.31. The molecule has 5 rings (SSSR count). The number of ether oxygens (including phenoxy) is 2. The average molecular weight is 507 g/mol. The first-order chi connectivity index (χ1) is 16.8. The molecule has 1 amide bonds. The van der Waals surface area contributed by atoms with Crippen LogP contribution < -0.4 is 14.4 Å². The van der Waals surface area contributed by atoms with Crippen LogP contribution in [0.2, 0.25) is 0 Å². The van der Waals surface area contributed by atoms with Crippen molar-refractivity contribution in [3.63, 3.8) is 0 Å². The molecule has 2 aromatic heterocycles. The number of thiazole rings is 1. The number of anilines is 1. The van der Waals surface area contributed by atoms with Crippen molar-refractivity contribution < 1.29 is 24.2 Å². The first-order valence-corrected chi connectivity index (χ1v) is 12.5. The van der Waals surface area contributed by atoms with Gasteiger partial charge in [0.15, 0.2) is 10.9 Å². The fourth-order valence-corrected chi connectivity index (χ4v) is 6.23.